The molecule has 178 valence electrons. The minimum Gasteiger partial charge on any atom is -0.497 e. The Hall–Kier alpha value is -2.43. The Labute approximate surface area is 198 Å². The second-order valence-electron chi connectivity index (χ2n) is 8.60. The highest BCUT2D eigenvalue weighted by Gasteiger charge is 2.45. The van der Waals surface area contributed by atoms with Crippen LogP contribution in [0.1, 0.15) is 34.5 Å². The van der Waals surface area contributed by atoms with Crippen LogP contribution in [0.3, 0.4) is 0 Å². The molecule has 1 amide bonds. The molecule has 4 rings (SSSR count). The third kappa shape index (κ3) is 4.78. The van der Waals surface area contributed by atoms with Crippen molar-refractivity contribution in [3.8, 4) is 5.75 Å². The van der Waals surface area contributed by atoms with E-state index in [4.69, 9.17) is 9.47 Å². The number of ether oxygens (including phenoxy) is 2. The summed E-state index contributed by atoms with van der Waals surface area (Å²) in [5, 5.41) is 1.59. The first-order valence-corrected chi connectivity index (χ1v) is 13.2. The fourth-order valence-electron chi connectivity index (χ4n) is 4.69. The Morgan fingerprint density at radius 3 is 2.52 bits per heavy atom. The van der Waals surface area contributed by atoms with Crippen molar-refractivity contribution >= 4 is 33.2 Å². The van der Waals surface area contributed by atoms with Gasteiger partial charge in [0, 0.05) is 26.2 Å². The van der Waals surface area contributed by atoms with E-state index in [9.17, 15) is 18.0 Å². The first-order valence-electron chi connectivity index (χ1n) is 10.8. The van der Waals surface area contributed by atoms with E-state index in [-0.39, 0.29) is 21.1 Å². The quantitative estimate of drug-likeness (QED) is 0.576. The molecular weight excluding hydrogens is 464 g/mol. The highest BCUT2D eigenvalue weighted by Crippen LogP contribution is 2.43. The lowest BCUT2D eigenvalue weighted by Crippen LogP contribution is -2.45. The normalized spacial score (nSPS) is 18.4. The molecule has 2 aliphatic heterocycles. The molecule has 3 heterocycles. The number of amides is 1. The fraction of sp³-hybridized carbons (Fsp3) is 0.478. The third-order valence-electron chi connectivity index (χ3n) is 6.69. The second-order valence-corrected chi connectivity index (χ2v) is 11.4. The van der Waals surface area contributed by atoms with Crippen LogP contribution in [0.5, 0.6) is 5.75 Å². The molecule has 0 atom stereocenters. The van der Waals surface area contributed by atoms with Crippen LogP contribution in [0.4, 0.5) is 0 Å². The number of benzene rings is 1. The fourth-order valence-corrected chi connectivity index (χ4v) is 7.55. The van der Waals surface area contributed by atoms with Crippen molar-refractivity contribution in [1.82, 2.24) is 9.21 Å². The lowest BCUT2D eigenvalue weighted by atomic mass is 9.78. The van der Waals surface area contributed by atoms with Crippen LogP contribution >= 0.6 is 11.3 Å². The van der Waals surface area contributed by atoms with Crippen LogP contribution in [0.15, 0.2) is 40.6 Å². The number of hydrogen-bond donors (Lipinski definition) is 0. The number of carbonyl (C=O) groups excluding carboxylic acids is 2. The highest BCUT2D eigenvalue weighted by atomic mass is 32.2. The van der Waals surface area contributed by atoms with Gasteiger partial charge in [0.15, 0.2) is 0 Å². The summed E-state index contributed by atoms with van der Waals surface area (Å²) in [5.41, 5.74) is 0.774. The number of thiophene rings is 1. The lowest BCUT2D eigenvalue weighted by molar-refractivity contribution is -0.132. The average Bonchev–Trinajstić information content (AvgIpc) is 3.48. The Bertz CT molecular complexity index is 1140. The van der Waals surface area contributed by atoms with E-state index < -0.39 is 16.0 Å². The number of esters is 1. The van der Waals surface area contributed by atoms with Gasteiger partial charge in [-0.3, -0.25) is 4.79 Å². The molecule has 2 fully saturated rings. The molecule has 0 unspecified atom stereocenters. The van der Waals surface area contributed by atoms with E-state index in [1.807, 2.05) is 29.2 Å². The van der Waals surface area contributed by atoms with Crippen LogP contribution in [0, 0.1) is 5.41 Å². The molecule has 0 bridgehead atoms. The first-order chi connectivity index (χ1) is 15.8. The topological polar surface area (TPSA) is 93.2 Å². The summed E-state index contributed by atoms with van der Waals surface area (Å²) in [5.74, 6) is 0.160. The standard InChI is InChI=1S/C23H28N2O6S2/c1-30-18-5-3-4-17(14-18)15-20(26)24-10-7-23(8-11-24)9-12-25(16-23)33(28,29)19-6-13-32-21(19)22(27)31-2/h3-6,13-14H,7-12,15-16H2,1-2H3. The maximum Gasteiger partial charge on any atom is 0.349 e. The van der Waals surface area contributed by atoms with Gasteiger partial charge in [-0.15, -0.1) is 11.3 Å². The van der Waals surface area contributed by atoms with E-state index in [1.54, 1.807) is 12.5 Å². The summed E-state index contributed by atoms with van der Waals surface area (Å²) in [7, 11) is -0.939. The molecule has 0 radical (unpaired) electrons. The molecule has 1 aromatic heterocycles. The number of methoxy groups -OCH3 is 2. The SMILES string of the molecule is COC(=O)c1sccc1S(=O)(=O)N1CCC2(CCN(C(=O)Cc3cccc(OC)c3)CC2)C1. The monoisotopic (exact) mass is 492 g/mol. The molecule has 0 saturated carbocycles. The van der Waals surface area contributed by atoms with Crippen molar-refractivity contribution < 1.29 is 27.5 Å². The summed E-state index contributed by atoms with van der Waals surface area (Å²) in [6.45, 7) is 2.05. The summed E-state index contributed by atoms with van der Waals surface area (Å²) >= 11 is 1.07. The molecule has 2 aromatic rings. The number of nitrogens with zero attached hydrogens (tertiary/aromatic N) is 2. The van der Waals surface area contributed by atoms with Gasteiger partial charge in [0.2, 0.25) is 15.9 Å². The predicted octanol–water partition coefficient (Wildman–Crippen LogP) is 2.79. The van der Waals surface area contributed by atoms with E-state index in [1.165, 1.54) is 17.5 Å². The molecule has 2 saturated heterocycles. The van der Waals surface area contributed by atoms with Gasteiger partial charge in [-0.2, -0.15) is 4.31 Å². The third-order valence-corrected chi connectivity index (χ3v) is 9.60. The van der Waals surface area contributed by atoms with Crippen molar-refractivity contribution in [3.05, 3.63) is 46.2 Å². The molecule has 2 aliphatic rings. The number of piperidine rings is 1. The number of rotatable bonds is 6. The summed E-state index contributed by atoms with van der Waals surface area (Å²) in [4.78, 5) is 26.8. The zero-order chi connectivity index (χ0) is 23.6. The zero-order valence-electron chi connectivity index (χ0n) is 18.8. The van der Waals surface area contributed by atoms with Gasteiger partial charge >= 0.3 is 5.97 Å². The van der Waals surface area contributed by atoms with E-state index in [0.717, 1.165) is 41.9 Å². The molecular formula is C23H28N2O6S2. The summed E-state index contributed by atoms with van der Waals surface area (Å²) in [6, 6.07) is 8.98. The van der Waals surface area contributed by atoms with Gasteiger partial charge in [0.25, 0.3) is 0 Å². The van der Waals surface area contributed by atoms with Gasteiger partial charge < -0.3 is 14.4 Å². The highest BCUT2D eigenvalue weighted by molar-refractivity contribution is 7.89. The van der Waals surface area contributed by atoms with Crippen LogP contribution in [0.25, 0.3) is 0 Å². The molecule has 0 N–H and O–H groups in total. The largest absolute Gasteiger partial charge is 0.497 e. The van der Waals surface area contributed by atoms with Gasteiger partial charge in [-0.1, -0.05) is 12.1 Å². The maximum atomic E-state index is 13.2. The van der Waals surface area contributed by atoms with Crippen molar-refractivity contribution in [1.29, 1.82) is 0 Å². The first kappa shape index (κ1) is 23.7. The predicted molar refractivity (Wildman–Crippen MR) is 124 cm³/mol. The Balaban J connectivity index is 1.38. The molecule has 10 heteroatoms. The Morgan fingerprint density at radius 1 is 1.09 bits per heavy atom. The van der Waals surface area contributed by atoms with Crippen molar-refractivity contribution in [2.45, 2.75) is 30.6 Å². The summed E-state index contributed by atoms with van der Waals surface area (Å²) < 4.78 is 37.9. The smallest absolute Gasteiger partial charge is 0.349 e. The zero-order valence-corrected chi connectivity index (χ0v) is 20.4. The lowest BCUT2D eigenvalue weighted by Gasteiger charge is -2.39. The van der Waals surface area contributed by atoms with Crippen molar-refractivity contribution in [2.75, 3.05) is 40.4 Å². The van der Waals surface area contributed by atoms with Gasteiger partial charge in [-0.25, -0.2) is 13.2 Å². The van der Waals surface area contributed by atoms with Crippen molar-refractivity contribution in [2.24, 2.45) is 5.41 Å². The van der Waals surface area contributed by atoms with Crippen molar-refractivity contribution in [3.63, 3.8) is 0 Å². The Kier molecular flexibility index (Phi) is 6.78. The maximum absolute atomic E-state index is 13.2. The van der Waals surface area contributed by atoms with Crippen LogP contribution in [-0.2, 0) is 26.0 Å². The van der Waals surface area contributed by atoms with Crippen LogP contribution in [0.2, 0.25) is 0 Å². The molecule has 33 heavy (non-hydrogen) atoms. The van der Waals surface area contributed by atoms with Crippen LogP contribution < -0.4 is 4.74 Å². The molecule has 8 nitrogen and oxygen atoms in total. The van der Waals surface area contributed by atoms with E-state index >= 15 is 0 Å². The number of carbonyl (C=O) groups is 2. The van der Waals surface area contributed by atoms with E-state index in [0.29, 0.717) is 32.6 Å². The van der Waals surface area contributed by atoms with Gasteiger partial charge in [-0.05, 0) is 53.8 Å². The molecule has 1 spiro atoms. The number of hydrogen-bond acceptors (Lipinski definition) is 7. The molecule has 1 aromatic carbocycles. The number of likely N-dealkylation sites (tertiary alicyclic amines) is 1. The minimum absolute atomic E-state index is 0.0160. The van der Waals surface area contributed by atoms with Gasteiger partial charge in [0.1, 0.15) is 15.5 Å². The Morgan fingerprint density at radius 2 is 1.82 bits per heavy atom. The van der Waals surface area contributed by atoms with Gasteiger partial charge in [0.05, 0.1) is 20.6 Å². The number of sulfonamides is 1. The average molecular weight is 493 g/mol. The van der Waals surface area contributed by atoms with Crippen LogP contribution in [-0.4, -0.2) is 69.9 Å². The summed E-state index contributed by atoms with van der Waals surface area (Å²) in [6.07, 6.45) is 2.59. The van der Waals surface area contributed by atoms with E-state index in [2.05, 4.69) is 0 Å². The second kappa shape index (κ2) is 9.44. The molecule has 0 aliphatic carbocycles. The minimum atomic E-state index is -3.78.